The Kier molecular flexibility index (Phi) is 4.38. The minimum atomic E-state index is -0.498. The number of hydrogen-bond donors (Lipinski definition) is 1. The fraction of sp³-hybridized carbons (Fsp3) is 0.400. The van der Waals surface area contributed by atoms with Crippen LogP contribution in [0.3, 0.4) is 0 Å². The zero-order valence-corrected chi connectivity index (χ0v) is 11.3. The second kappa shape index (κ2) is 5.59. The van der Waals surface area contributed by atoms with Gasteiger partial charge in [-0.05, 0) is 45.4 Å². The number of terminal acetylenes is 1. The third kappa shape index (κ3) is 4.50. The molecule has 1 aromatic rings. The molecule has 0 saturated heterocycles. The molecule has 0 saturated carbocycles. The van der Waals surface area contributed by atoms with Gasteiger partial charge in [0.1, 0.15) is 5.60 Å². The molecule has 1 unspecified atom stereocenters. The van der Waals surface area contributed by atoms with Crippen LogP contribution in [-0.2, 0) is 4.74 Å². The summed E-state index contributed by atoms with van der Waals surface area (Å²) >= 11 is 0. The monoisotopic (exact) mass is 245 g/mol. The van der Waals surface area contributed by atoms with Gasteiger partial charge < -0.3 is 4.74 Å². The molecule has 0 fully saturated rings. The first kappa shape index (κ1) is 14.1. The molecule has 1 rings (SSSR count). The largest absolute Gasteiger partial charge is 0.444 e. The Morgan fingerprint density at radius 2 is 1.89 bits per heavy atom. The lowest BCUT2D eigenvalue weighted by Crippen LogP contribution is -2.27. The third-order valence-corrected chi connectivity index (χ3v) is 2.31. The van der Waals surface area contributed by atoms with E-state index in [2.05, 4.69) is 11.2 Å². The molecule has 3 heteroatoms. The number of ether oxygens (including phenoxy) is 1. The molecule has 3 nitrogen and oxygen atoms in total. The average molecular weight is 245 g/mol. The van der Waals surface area contributed by atoms with Crippen LogP contribution in [0, 0.1) is 12.3 Å². The van der Waals surface area contributed by atoms with Crippen molar-refractivity contribution in [3.05, 3.63) is 29.8 Å². The molecule has 1 amide bonds. The summed E-state index contributed by atoms with van der Waals surface area (Å²) in [7, 11) is 0. The van der Waals surface area contributed by atoms with Crippen molar-refractivity contribution >= 4 is 11.8 Å². The van der Waals surface area contributed by atoms with Gasteiger partial charge in [-0.2, -0.15) is 0 Å². The van der Waals surface area contributed by atoms with Gasteiger partial charge in [-0.15, -0.1) is 6.42 Å². The van der Waals surface area contributed by atoms with Gasteiger partial charge in [0.05, 0.1) is 0 Å². The lowest BCUT2D eigenvalue weighted by atomic mass is 10.0. The molecule has 0 heterocycles. The van der Waals surface area contributed by atoms with E-state index in [1.807, 2.05) is 52.0 Å². The van der Waals surface area contributed by atoms with E-state index in [1.165, 1.54) is 0 Å². The Bertz CT molecular complexity index is 449. The SMILES string of the molecule is C#CC(C)c1ccc(NC(=O)OC(C)(C)C)cc1. The molecule has 1 atom stereocenters. The quantitative estimate of drug-likeness (QED) is 0.805. The zero-order valence-electron chi connectivity index (χ0n) is 11.3. The molecular weight excluding hydrogens is 226 g/mol. The van der Waals surface area contributed by atoms with E-state index in [1.54, 1.807) is 0 Å². The highest BCUT2D eigenvalue weighted by Gasteiger charge is 2.16. The Morgan fingerprint density at radius 3 is 2.33 bits per heavy atom. The summed E-state index contributed by atoms with van der Waals surface area (Å²) in [6, 6.07) is 7.43. The molecule has 1 aromatic carbocycles. The number of carbonyl (C=O) groups is 1. The fourth-order valence-corrected chi connectivity index (χ4v) is 1.37. The van der Waals surface area contributed by atoms with Crippen LogP contribution in [0.2, 0.25) is 0 Å². The Balaban J connectivity index is 2.65. The van der Waals surface area contributed by atoms with Gasteiger partial charge in [0.25, 0.3) is 0 Å². The summed E-state index contributed by atoms with van der Waals surface area (Å²) in [5.41, 5.74) is 1.24. The van der Waals surface area contributed by atoms with Crippen molar-refractivity contribution in [2.45, 2.75) is 39.2 Å². The average Bonchev–Trinajstić information content (AvgIpc) is 2.26. The molecule has 18 heavy (non-hydrogen) atoms. The molecule has 0 spiro atoms. The second-order valence-corrected chi connectivity index (χ2v) is 5.14. The molecule has 0 radical (unpaired) electrons. The van der Waals surface area contributed by atoms with E-state index in [4.69, 9.17) is 11.2 Å². The summed E-state index contributed by atoms with van der Waals surface area (Å²) in [5, 5.41) is 2.67. The van der Waals surface area contributed by atoms with E-state index in [9.17, 15) is 4.79 Å². The maximum absolute atomic E-state index is 11.5. The van der Waals surface area contributed by atoms with Gasteiger partial charge in [-0.1, -0.05) is 18.1 Å². The second-order valence-electron chi connectivity index (χ2n) is 5.14. The van der Waals surface area contributed by atoms with Gasteiger partial charge in [0.15, 0.2) is 0 Å². The first-order valence-corrected chi connectivity index (χ1v) is 5.88. The van der Waals surface area contributed by atoms with E-state index in [-0.39, 0.29) is 5.92 Å². The first-order valence-electron chi connectivity index (χ1n) is 5.88. The van der Waals surface area contributed by atoms with E-state index in [0.717, 1.165) is 5.56 Å². The molecule has 0 aliphatic rings. The Morgan fingerprint density at radius 1 is 1.33 bits per heavy atom. The van der Waals surface area contributed by atoms with Crippen molar-refractivity contribution in [2.24, 2.45) is 0 Å². The summed E-state index contributed by atoms with van der Waals surface area (Å²) in [6.45, 7) is 7.43. The van der Waals surface area contributed by atoms with Crippen molar-refractivity contribution in [1.29, 1.82) is 0 Å². The smallest absolute Gasteiger partial charge is 0.412 e. The van der Waals surface area contributed by atoms with E-state index in [0.29, 0.717) is 5.69 Å². The standard InChI is InChI=1S/C15H19NO2/c1-6-11(2)12-7-9-13(10-8-12)16-14(17)18-15(3,4)5/h1,7-11H,2-5H3,(H,16,17). The highest BCUT2D eigenvalue weighted by Crippen LogP contribution is 2.18. The lowest BCUT2D eigenvalue weighted by Gasteiger charge is -2.19. The van der Waals surface area contributed by atoms with Crippen LogP contribution in [0.5, 0.6) is 0 Å². The summed E-state index contributed by atoms with van der Waals surface area (Å²) in [6.07, 6.45) is 4.89. The predicted molar refractivity (Wildman–Crippen MR) is 73.5 cm³/mol. The number of nitrogens with one attached hydrogen (secondary N) is 1. The van der Waals surface area contributed by atoms with Crippen molar-refractivity contribution in [3.63, 3.8) is 0 Å². The molecule has 96 valence electrons. The van der Waals surface area contributed by atoms with Crippen LogP contribution in [0.1, 0.15) is 39.2 Å². The molecule has 1 N–H and O–H groups in total. The maximum atomic E-state index is 11.5. The van der Waals surface area contributed by atoms with Crippen LogP contribution in [-0.4, -0.2) is 11.7 Å². The van der Waals surface area contributed by atoms with Crippen molar-refractivity contribution in [3.8, 4) is 12.3 Å². The number of benzene rings is 1. The fourth-order valence-electron chi connectivity index (χ4n) is 1.37. The first-order chi connectivity index (χ1) is 8.31. The molecule has 0 aliphatic heterocycles. The number of rotatable bonds is 2. The van der Waals surface area contributed by atoms with Crippen LogP contribution < -0.4 is 5.32 Å². The minimum absolute atomic E-state index is 0.0700. The van der Waals surface area contributed by atoms with Gasteiger partial charge in [-0.25, -0.2) is 4.79 Å². The maximum Gasteiger partial charge on any atom is 0.412 e. The predicted octanol–water partition coefficient (Wildman–Crippen LogP) is 3.77. The molecular formula is C15H19NO2. The van der Waals surface area contributed by atoms with Crippen LogP contribution in [0.4, 0.5) is 10.5 Å². The van der Waals surface area contributed by atoms with Crippen LogP contribution in [0.25, 0.3) is 0 Å². The number of hydrogen-bond acceptors (Lipinski definition) is 2. The van der Waals surface area contributed by atoms with E-state index < -0.39 is 11.7 Å². The van der Waals surface area contributed by atoms with Crippen LogP contribution in [0.15, 0.2) is 24.3 Å². The number of amides is 1. The Hall–Kier alpha value is -1.95. The van der Waals surface area contributed by atoms with Crippen molar-refractivity contribution in [1.82, 2.24) is 0 Å². The zero-order chi connectivity index (χ0) is 13.8. The highest BCUT2D eigenvalue weighted by atomic mass is 16.6. The van der Waals surface area contributed by atoms with Crippen molar-refractivity contribution < 1.29 is 9.53 Å². The lowest BCUT2D eigenvalue weighted by molar-refractivity contribution is 0.0636. The summed E-state index contributed by atoms with van der Waals surface area (Å²) < 4.78 is 5.16. The molecule has 0 bridgehead atoms. The normalized spacial score (nSPS) is 12.4. The minimum Gasteiger partial charge on any atom is -0.444 e. The van der Waals surface area contributed by atoms with Gasteiger partial charge in [0, 0.05) is 11.6 Å². The Labute approximate surface area is 109 Å². The topological polar surface area (TPSA) is 38.3 Å². The van der Waals surface area contributed by atoms with Gasteiger partial charge in [-0.3, -0.25) is 5.32 Å². The number of anilines is 1. The number of carbonyl (C=O) groups excluding carboxylic acids is 1. The third-order valence-electron chi connectivity index (χ3n) is 2.31. The highest BCUT2D eigenvalue weighted by molar-refractivity contribution is 5.84. The van der Waals surface area contributed by atoms with Crippen molar-refractivity contribution in [2.75, 3.05) is 5.32 Å². The molecule has 0 aromatic heterocycles. The van der Waals surface area contributed by atoms with Gasteiger partial charge >= 0.3 is 6.09 Å². The summed E-state index contributed by atoms with van der Waals surface area (Å²) in [5.74, 6) is 2.73. The van der Waals surface area contributed by atoms with E-state index >= 15 is 0 Å². The van der Waals surface area contributed by atoms with Crippen LogP contribution >= 0.6 is 0 Å². The van der Waals surface area contributed by atoms with Gasteiger partial charge in [0.2, 0.25) is 0 Å². The summed E-state index contributed by atoms with van der Waals surface area (Å²) in [4.78, 5) is 11.5. The molecule has 0 aliphatic carbocycles.